The minimum Gasteiger partial charge on any atom is -0.347 e. The Morgan fingerprint density at radius 3 is 2.52 bits per heavy atom. The summed E-state index contributed by atoms with van der Waals surface area (Å²) in [6.07, 6.45) is 2.21. The average Bonchev–Trinajstić information content (AvgIpc) is 3.46. The van der Waals surface area contributed by atoms with Crippen molar-refractivity contribution in [2.75, 3.05) is 32.8 Å². The van der Waals surface area contributed by atoms with Crippen LogP contribution in [0.3, 0.4) is 0 Å². The maximum atomic E-state index is 13.5. The normalized spacial score (nSPS) is 22.7. The lowest BCUT2D eigenvalue weighted by Gasteiger charge is -2.37. The summed E-state index contributed by atoms with van der Waals surface area (Å²) < 4.78 is 11.6. The molecule has 5 rings (SSSR count). The quantitative estimate of drug-likeness (QED) is 0.665. The van der Waals surface area contributed by atoms with Gasteiger partial charge in [0.25, 0.3) is 5.91 Å². The Morgan fingerprint density at radius 2 is 1.82 bits per heavy atom. The molecule has 33 heavy (non-hydrogen) atoms. The molecule has 2 fully saturated rings. The Kier molecular flexibility index (Phi) is 6.27. The number of likely N-dealkylation sites (tertiary alicyclic amines) is 1. The highest BCUT2D eigenvalue weighted by molar-refractivity contribution is 6.31. The zero-order chi connectivity index (χ0) is 23.0. The van der Waals surface area contributed by atoms with Crippen molar-refractivity contribution >= 4 is 23.2 Å². The second kappa shape index (κ2) is 9.18. The Balaban J connectivity index is 1.36. The highest BCUT2D eigenvalue weighted by Crippen LogP contribution is 2.37. The number of aryl methyl sites for hydroxylation is 2. The van der Waals surface area contributed by atoms with Crippen molar-refractivity contribution in [2.24, 2.45) is 5.10 Å². The molecule has 0 bridgehead atoms. The van der Waals surface area contributed by atoms with E-state index < -0.39 is 5.79 Å². The number of benzene rings is 2. The van der Waals surface area contributed by atoms with Crippen LogP contribution >= 0.6 is 11.6 Å². The predicted octanol–water partition coefficient (Wildman–Crippen LogP) is 4.47. The van der Waals surface area contributed by atoms with Crippen molar-refractivity contribution in [3.8, 4) is 0 Å². The van der Waals surface area contributed by atoms with Gasteiger partial charge in [-0.1, -0.05) is 41.9 Å². The van der Waals surface area contributed by atoms with Crippen LogP contribution in [0.25, 0.3) is 0 Å². The highest BCUT2D eigenvalue weighted by atomic mass is 35.5. The first-order valence-electron chi connectivity index (χ1n) is 11.7. The molecule has 1 atom stereocenters. The molecular formula is C26H30ClN3O3. The summed E-state index contributed by atoms with van der Waals surface area (Å²) in [6, 6.07) is 13.9. The monoisotopic (exact) mass is 467 g/mol. The smallest absolute Gasteiger partial charge is 0.257 e. The first kappa shape index (κ1) is 22.5. The lowest BCUT2D eigenvalue weighted by Crippen LogP contribution is -2.48. The topological polar surface area (TPSA) is 54.4 Å². The zero-order valence-corrected chi connectivity index (χ0v) is 20.0. The first-order valence-corrected chi connectivity index (χ1v) is 12.0. The number of carbonyl (C=O) groups is 1. The van der Waals surface area contributed by atoms with Gasteiger partial charge in [0.1, 0.15) is 0 Å². The van der Waals surface area contributed by atoms with Crippen molar-refractivity contribution in [3.05, 3.63) is 69.7 Å². The van der Waals surface area contributed by atoms with Crippen molar-refractivity contribution in [2.45, 2.75) is 44.9 Å². The molecule has 0 N–H and O–H groups in total. The van der Waals surface area contributed by atoms with E-state index in [2.05, 4.69) is 36.9 Å². The summed E-state index contributed by atoms with van der Waals surface area (Å²) in [5.74, 6) is -0.454. The molecule has 2 aromatic rings. The fourth-order valence-electron chi connectivity index (χ4n) is 4.92. The van der Waals surface area contributed by atoms with Gasteiger partial charge >= 0.3 is 0 Å². The molecule has 2 saturated heterocycles. The fourth-order valence-corrected chi connectivity index (χ4v) is 5.19. The standard InChI is InChI=1S/C26H30ClN3O3/c1-18-7-8-20(15-19(18)2)23-16-24(21-5-3-4-6-22(21)27)30(28-23)25(31)17-29-11-9-26(10-12-29)32-13-14-33-26/h3-8,15,24H,9-14,16-17H2,1-2H3. The van der Waals surface area contributed by atoms with E-state index in [-0.39, 0.29) is 11.9 Å². The number of hydrazone groups is 1. The lowest BCUT2D eigenvalue weighted by molar-refractivity contribution is -0.186. The number of nitrogens with zero attached hydrogens (tertiary/aromatic N) is 3. The number of piperidine rings is 1. The molecular weight excluding hydrogens is 438 g/mol. The summed E-state index contributed by atoms with van der Waals surface area (Å²) in [5, 5.41) is 7.14. The Labute approximate surface area is 200 Å². The van der Waals surface area contributed by atoms with E-state index >= 15 is 0 Å². The SMILES string of the molecule is Cc1ccc(C2=NN(C(=O)CN3CCC4(CC3)OCCO4)C(c3ccccc3Cl)C2)cc1C. The molecule has 6 nitrogen and oxygen atoms in total. The molecule has 1 amide bonds. The number of hydrogen-bond donors (Lipinski definition) is 0. The second-order valence-electron chi connectivity index (χ2n) is 9.21. The molecule has 0 radical (unpaired) electrons. The summed E-state index contributed by atoms with van der Waals surface area (Å²) in [6.45, 7) is 7.37. The molecule has 3 aliphatic rings. The molecule has 0 aliphatic carbocycles. The van der Waals surface area contributed by atoms with E-state index in [0.717, 1.165) is 42.8 Å². The van der Waals surface area contributed by atoms with Crippen LogP contribution in [0, 0.1) is 13.8 Å². The fraction of sp³-hybridized carbons (Fsp3) is 0.462. The van der Waals surface area contributed by atoms with E-state index in [0.29, 0.717) is 31.2 Å². The summed E-state index contributed by atoms with van der Waals surface area (Å²) in [4.78, 5) is 15.7. The predicted molar refractivity (Wildman–Crippen MR) is 128 cm³/mol. The van der Waals surface area contributed by atoms with Gasteiger partial charge in [-0.15, -0.1) is 0 Å². The van der Waals surface area contributed by atoms with Crippen LogP contribution < -0.4 is 0 Å². The van der Waals surface area contributed by atoms with Gasteiger partial charge < -0.3 is 9.47 Å². The van der Waals surface area contributed by atoms with E-state index in [1.165, 1.54) is 11.1 Å². The second-order valence-corrected chi connectivity index (χ2v) is 9.62. The number of rotatable bonds is 4. The van der Waals surface area contributed by atoms with E-state index in [4.69, 9.17) is 26.2 Å². The van der Waals surface area contributed by atoms with Gasteiger partial charge in [0.15, 0.2) is 5.79 Å². The molecule has 174 valence electrons. The zero-order valence-electron chi connectivity index (χ0n) is 19.2. The Bertz CT molecular complexity index is 1070. The summed E-state index contributed by atoms with van der Waals surface area (Å²) in [5.41, 5.74) is 5.36. The van der Waals surface area contributed by atoms with Crippen LogP contribution in [-0.2, 0) is 14.3 Å². The van der Waals surface area contributed by atoms with Gasteiger partial charge in [-0.05, 0) is 48.2 Å². The molecule has 1 spiro atoms. The molecule has 0 saturated carbocycles. The van der Waals surface area contributed by atoms with Gasteiger partial charge in [-0.2, -0.15) is 5.10 Å². The molecule has 3 aliphatic heterocycles. The third kappa shape index (κ3) is 4.58. The van der Waals surface area contributed by atoms with E-state index in [9.17, 15) is 4.79 Å². The van der Waals surface area contributed by atoms with E-state index in [1.807, 2.05) is 24.3 Å². The summed E-state index contributed by atoms with van der Waals surface area (Å²) >= 11 is 6.55. The maximum absolute atomic E-state index is 13.5. The van der Waals surface area contributed by atoms with Crippen LogP contribution in [0.2, 0.25) is 5.02 Å². The summed E-state index contributed by atoms with van der Waals surface area (Å²) in [7, 11) is 0. The number of halogens is 1. The molecule has 2 aromatic carbocycles. The van der Waals surface area contributed by atoms with Crippen molar-refractivity contribution in [1.82, 2.24) is 9.91 Å². The number of hydrogen-bond acceptors (Lipinski definition) is 5. The number of amides is 1. The van der Waals surface area contributed by atoms with Gasteiger partial charge in [-0.25, -0.2) is 5.01 Å². The maximum Gasteiger partial charge on any atom is 0.257 e. The molecule has 7 heteroatoms. The number of carbonyl (C=O) groups excluding carboxylic acids is 1. The third-order valence-corrected chi connectivity index (χ3v) is 7.40. The van der Waals surface area contributed by atoms with Gasteiger partial charge in [0.05, 0.1) is 31.5 Å². The minimum atomic E-state index is -0.443. The molecule has 1 unspecified atom stereocenters. The molecule has 0 aromatic heterocycles. The van der Waals surface area contributed by atoms with Crippen LogP contribution in [-0.4, -0.2) is 60.2 Å². The Morgan fingerprint density at radius 1 is 1.09 bits per heavy atom. The highest BCUT2D eigenvalue weighted by Gasteiger charge is 2.41. The third-order valence-electron chi connectivity index (χ3n) is 7.06. The number of ether oxygens (including phenoxy) is 2. The minimum absolute atomic E-state index is 0.0111. The Hall–Kier alpha value is -2.25. The van der Waals surface area contributed by atoms with Crippen molar-refractivity contribution in [3.63, 3.8) is 0 Å². The van der Waals surface area contributed by atoms with Gasteiger partial charge in [-0.3, -0.25) is 9.69 Å². The van der Waals surface area contributed by atoms with Gasteiger partial charge in [0, 0.05) is 37.4 Å². The van der Waals surface area contributed by atoms with Crippen LogP contribution in [0.5, 0.6) is 0 Å². The van der Waals surface area contributed by atoms with Crippen molar-refractivity contribution < 1.29 is 14.3 Å². The van der Waals surface area contributed by atoms with Crippen LogP contribution in [0.4, 0.5) is 0 Å². The molecule has 3 heterocycles. The van der Waals surface area contributed by atoms with Gasteiger partial charge in [0.2, 0.25) is 0 Å². The van der Waals surface area contributed by atoms with Crippen LogP contribution in [0.15, 0.2) is 47.6 Å². The van der Waals surface area contributed by atoms with Crippen molar-refractivity contribution in [1.29, 1.82) is 0 Å². The first-order chi connectivity index (χ1) is 15.9. The largest absolute Gasteiger partial charge is 0.347 e. The lowest BCUT2D eigenvalue weighted by atomic mass is 9.96. The van der Waals surface area contributed by atoms with Crippen LogP contribution in [0.1, 0.15) is 47.6 Å². The average molecular weight is 468 g/mol. The van der Waals surface area contributed by atoms with E-state index in [1.54, 1.807) is 5.01 Å².